The summed E-state index contributed by atoms with van der Waals surface area (Å²) in [5.74, 6) is 1.26. The first-order valence-corrected chi connectivity index (χ1v) is 7.04. The fourth-order valence-corrected chi connectivity index (χ4v) is 2.16. The highest BCUT2D eigenvalue weighted by atomic mass is 35.5. The van der Waals surface area contributed by atoms with E-state index in [0.717, 1.165) is 17.9 Å². The average molecular weight is 295 g/mol. The molecule has 2 rings (SSSR count). The maximum Gasteiger partial charge on any atom is 0.297 e. The molecule has 0 radical (unpaired) electrons. The number of hydrogen-bond donors (Lipinski definition) is 0. The predicted octanol–water partition coefficient (Wildman–Crippen LogP) is 3.49. The molecule has 0 saturated heterocycles. The summed E-state index contributed by atoms with van der Waals surface area (Å²) in [6.07, 6.45) is 2.44. The zero-order valence-electron chi connectivity index (χ0n) is 12.0. The zero-order valence-corrected chi connectivity index (χ0v) is 12.7. The first kappa shape index (κ1) is 14.7. The summed E-state index contributed by atoms with van der Waals surface area (Å²) < 4.78 is 10.8. The molecule has 0 saturated carbocycles. The Hall–Kier alpha value is -1.68. The molecule has 5 heteroatoms. The Kier molecular flexibility index (Phi) is 4.90. The quantitative estimate of drug-likeness (QED) is 0.765. The van der Waals surface area contributed by atoms with Crippen LogP contribution in [0, 0.1) is 0 Å². The van der Waals surface area contributed by atoms with Gasteiger partial charge in [-0.25, -0.2) is 0 Å². The first-order chi connectivity index (χ1) is 9.65. The molecule has 108 valence electrons. The van der Waals surface area contributed by atoms with Gasteiger partial charge in [0.25, 0.3) is 6.01 Å². The van der Waals surface area contributed by atoms with Crippen molar-refractivity contribution in [1.29, 1.82) is 0 Å². The maximum absolute atomic E-state index is 5.74. The Morgan fingerprint density at radius 2 is 2.15 bits per heavy atom. The second-order valence-corrected chi connectivity index (χ2v) is 5.00. The van der Waals surface area contributed by atoms with E-state index in [0.29, 0.717) is 11.9 Å². The van der Waals surface area contributed by atoms with Crippen LogP contribution in [0.2, 0.25) is 0 Å². The van der Waals surface area contributed by atoms with Gasteiger partial charge in [0.1, 0.15) is 12.0 Å². The molecule has 1 heterocycles. The van der Waals surface area contributed by atoms with Gasteiger partial charge in [0.2, 0.25) is 0 Å². The molecular formula is C15H19ClN2O2. The van der Waals surface area contributed by atoms with Crippen LogP contribution in [0.4, 0.5) is 6.01 Å². The van der Waals surface area contributed by atoms with Crippen molar-refractivity contribution in [3.63, 3.8) is 0 Å². The molecule has 0 N–H and O–H groups in total. The molecule has 20 heavy (non-hydrogen) atoms. The highest BCUT2D eigenvalue weighted by Crippen LogP contribution is 2.22. The average Bonchev–Trinajstić information content (AvgIpc) is 2.95. The van der Waals surface area contributed by atoms with Crippen molar-refractivity contribution in [3.8, 4) is 5.75 Å². The number of alkyl halides is 1. The normalized spacial score (nSPS) is 12.2. The second-order valence-electron chi connectivity index (χ2n) is 4.73. The number of para-hydroxylation sites is 1. The van der Waals surface area contributed by atoms with Crippen molar-refractivity contribution >= 4 is 17.6 Å². The van der Waals surface area contributed by atoms with Gasteiger partial charge in [-0.1, -0.05) is 18.2 Å². The van der Waals surface area contributed by atoms with Gasteiger partial charge in [0.15, 0.2) is 0 Å². The van der Waals surface area contributed by atoms with Crippen molar-refractivity contribution in [2.24, 2.45) is 0 Å². The van der Waals surface area contributed by atoms with Crippen LogP contribution in [0.5, 0.6) is 5.75 Å². The van der Waals surface area contributed by atoms with Crippen LogP contribution in [0.25, 0.3) is 0 Å². The number of anilines is 1. The topological polar surface area (TPSA) is 38.5 Å². The van der Waals surface area contributed by atoms with E-state index in [1.54, 1.807) is 13.4 Å². The fourth-order valence-electron chi connectivity index (χ4n) is 2.03. The number of ether oxygens (including phenoxy) is 1. The predicted molar refractivity (Wildman–Crippen MR) is 80.6 cm³/mol. The van der Waals surface area contributed by atoms with Gasteiger partial charge < -0.3 is 14.1 Å². The molecule has 0 spiro atoms. The summed E-state index contributed by atoms with van der Waals surface area (Å²) >= 11 is 5.74. The molecule has 0 aliphatic carbocycles. The van der Waals surface area contributed by atoms with E-state index in [4.69, 9.17) is 20.8 Å². The molecule has 1 unspecified atom stereocenters. The number of likely N-dealkylation sites (N-methyl/N-ethyl adjacent to an activating group) is 1. The lowest BCUT2D eigenvalue weighted by Crippen LogP contribution is -2.31. The third kappa shape index (κ3) is 3.25. The van der Waals surface area contributed by atoms with Gasteiger partial charge in [0.05, 0.1) is 18.7 Å². The Labute approximate surface area is 124 Å². The number of hydrogen-bond acceptors (Lipinski definition) is 4. The van der Waals surface area contributed by atoms with E-state index >= 15 is 0 Å². The zero-order chi connectivity index (χ0) is 14.5. The highest BCUT2D eigenvalue weighted by Gasteiger charge is 2.17. The van der Waals surface area contributed by atoms with Crippen molar-refractivity contribution < 1.29 is 9.15 Å². The standard InChI is InChI=1S/C15H19ClN2O2/c1-11(8-12-6-4-5-7-14(12)19-3)18(2)15-17-13(9-16)10-20-15/h4-7,10-11H,8-9H2,1-3H3. The second kappa shape index (κ2) is 6.66. The Morgan fingerprint density at radius 3 is 2.80 bits per heavy atom. The highest BCUT2D eigenvalue weighted by molar-refractivity contribution is 6.16. The molecular weight excluding hydrogens is 276 g/mol. The van der Waals surface area contributed by atoms with E-state index in [2.05, 4.69) is 18.0 Å². The number of benzene rings is 1. The van der Waals surface area contributed by atoms with E-state index in [-0.39, 0.29) is 6.04 Å². The number of nitrogens with zero attached hydrogens (tertiary/aromatic N) is 2. The number of rotatable bonds is 6. The monoisotopic (exact) mass is 294 g/mol. The molecule has 1 aromatic carbocycles. The lowest BCUT2D eigenvalue weighted by Gasteiger charge is -2.23. The minimum absolute atomic E-state index is 0.230. The maximum atomic E-state index is 5.74. The van der Waals surface area contributed by atoms with Crippen LogP contribution >= 0.6 is 11.6 Å². The molecule has 0 fully saturated rings. The van der Waals surface area contributed by atoms with Crippen LogP contribution in [0.1, 0.15) is 18.2 Å². The van der Waals surface area contributed by atoms with Gasteiger partial charge in [0, 0.05) is 13.1 Å². The lowest BCUT2D eigenvalue weighted by atomic mass is 10.1. The third-order valence-corrected chi connectivity index (χ3v) is 3.62. The SMILES string of the molecule is COc1ccccc1CC(C)N(C)c1nc(CCl)co1. The lowest BCUT2D eigenvalue weighted by molar-refractivity contribution is 0.407. The molecule has 0 amide bonds. The minimum atomic E-state index is 0.230. The van der Waals surface area contributed by atoms with Crippen molar-refractivity contribution in [3.05, 3.63) is 41.8 Å². The van der Waals surface area contributed by atoms with E-state index < -0.39 is 0 Å². The molecule has 4 nitrogen and oxygen atoms in total. The van der Waals surface area contributed by atoms with Crippen LogP contribution in [-0.2, 0) is 12.3 Å². The molecule has 1 aromatic heterocycles. The van der Waals surface area contributed by atoms with Crippen LogP contribution in [0.3, 0.4) is 0 Å². The summed E-state index contributed by atoms with van der Waals surface area (Å²) in [4.78, 5) is 6.33. The molecule has 2 aromatic rings. The summed E-state index contributed by atoms with van der Waals surface area (Å²) in [6.45, 7) is 2.12. The molecule has 0 aliphatic heterocycles. The number of aromatic nitrogens is 1. The molecule has 0 bridgehead atoms. The number of methoxy groups -OCH3 is 1. The van der Waals surface area contributed by atoms with E-state index in [1.165, 1.54) is 5.56 Å². The third-order valence-electron chi connectivity index (χ3n) is 3.35. The summed E-state index contributed by atoms with van der Waals surface area (Å²) in [5.41, 5.74) is 1.91. The van der Waals surface area contributed by atoms with Gasteiger partial charge >= 0.3 is 0 Å². The van der Waals surface area contributed by atoms with Crippen molar-refractivity contribution in [2.45, 2.75) is 25.3 Å². The number of oxazole rings is 1. The van der Waals surface area contributed by atoms with Crippen molar-refractivity contribution in [1.82, 2.24) is 4.98 Å². The Balaban J connectivity index is 2.09. The number of halogens is 1. The summed E-state index contributed by atoms with van der Waals surface area (Å²) in [5, 5.41) is 0. The largest absolute Gasteiger partial charge is 0.496 e. The van der Waals surface area contributed by atoms with Gasteiger partial charge in [-0.15, -0.1) is 11.6 Å². The van der Waals surface area contributed by atoms with Crippen LogP contribution in [0.15, 0.2) is 34.9 Å². The molecule has 1 atom stereocenters. The van der Waals surface area contributed by atoms with Crippen LogP contribution < -0.4 is 9.64 Å². The Morgan fingerprint density at radius 1 is 1.40 bits per heavy atom. The van der Waals surface area contributed by atoms with Gasteiger partial charge in [-0.2, -0.15) is 4.98 Å². The first-order valence-electron chi connectivity index (χ1n) is 6.50. The Bertz CT molecular complexity index is 556. The summed E-state index contributed by atoms with van der Waals surface area (Å²) in [7, 11) is 3.65. The smallest absolute Gasteiger partial charge is 0.297 e. The van der Waals surface area contributed by atoms with E-state index in [1.807, 2.05) is 30.1 Å². The minimum Gasteiger partial charge on any atom is -0.496 e. The van der Waals surface area contributed by atoms with Crippen LogP contribution in [-0.4, -0.2) is 25.2 Å². The van der Waals surface area contributed by atoms with Gasteiger partial charge in [-0.05, 0) is 25.0 Å². The fraction of sp³-hybridized carbons (Fsp3) is 0.400. The van der Waals surface area contributed by atoms with Crippen molar-refractivity contribution in [2.75, 3.05) is 19.1 Å². The molecule has 0 aliphatic rings. The van der Waals surface area contributed by atoms with E-state index in [9.17, 15) is 0 Å². The summed E-state index contributed by atoms with van der Waals surface area (Å²) in [6, 6.07) is 8.84. The van der Waals surface area contributed by atoms with Gasteiger partial charge in [-0.3, -0.25) is 0 Å².